The monoisotopic (exact) mass is 412 g/mol. The molecule has 0 spiro atoms. The molecule has 2 aliphatic rings. The lowest BCUT2D eigenvalue weighted by molar-refractivity contribution is 0.0269. The van der Waals surface area contributed by atoms with E-state index in [4.69, 9.17) is 4.74 Å². The fraction of sp³-hybridized carbons (Fsp3) is 0.565. The topological polar surface area (TPSA) is 59.7 Å². The summed E-state index contributed by atoms with van der Waals surface area (Å²) >= 11 is 0. The van der Waals surface area contributed by atoms with Gasteiger partial charge in [0.25, 0.3) is 0 Å². The van der Waals surface area contributed by atoms with Crippen molar-refractivity contribution >= 4 is 22.8 Å². The van der Waals surface area contributed by atoms with Gasteiger partial charge in [-0.2, -0.15) is 0 Å². The smallest absolute Gasteiger partial charge is 0.410 e. The van der Waals surface area contributed by atoms with Crippen LogP contribution in [-0.2, 0) is 11.4 Å². The summed E-state index contributed by atoms with van der Waals surface area (Å²) in [5.41, 5.74) is 2.30. The first-order valence-corrected chi connectivity index (χ1v) is 10.9. The Morgan fingerprint density at radius 2 is 1.90 bits per heavy atom. The Bertz CT molecular complexity index is 1020. The predicted octanol–water partition coefficient (Wildman–Crippen LogP) is 3.73. The lowest BCUT2D eigenvalue weighted by Crippen LogP contribution is -2.40. The number of amides is 1. The van der Waals surface area contributed by atoms with Gasteiger partial charge in [-0.15, -0.1) is 0 Å². The summed E-state index contributed by atoms with van der Waals surface area (Å²) in [6.45, 7) is 10.3. The largest absolute Gasteiger partial charge is 0.444 e. The summed E-state index contributed by atoms with van der Waals surface area (Å²) in [5.74, 6) is 0. The SMILES string of the molecule is CCN(Cn1c(=O)n(C2=CCN(C(=O)OC(C)(C)C)CC2)c2ccccc21)C1CC1. The molecule has 0 bridgehead atoms. The van der Waals surface area contributed by atoms with Gasteiger partial charge in [-0.25, -0.2) is 9.59 Å². The normalized spacial score (nSPS) is 17.5. The van der Waals surface area contributed by atoms with Crippen molar-refractivity contribution in [1.82, 2.24) is 18.9 Å². The molecule has 0 atom stereocenters. The van der Waals surface area contributed by atoms with Gasteiger partial charge in [0.05, 0.1) is 17.7 Å². The van der Waals surface area contributed by atoms with Gasteiger partial charge in [-0.05, 0) is 58.4 Å². The molecule has 4 rings (SSSR count). The van der Waals surface area contributed by atoms with Crippen LogP contribution in [-0.4, -0.2) is 56.3 Å². The molecule has 7 nitrogen and oxygen atoms in total. The van der Waals surface area contributed by atoms with Crippen molar-refractivity contribution in [3.8, 4) is 0 Å². The maximum atomic E-state index is 13.4. The highest BCUT2D eigenvalue weighted by atomic mass is 16.6. The van der Waals surface area contributed by atoms with Crippen LogP contribution in [0.5, 0.6) is 0 Å². The number of fused-ring (bicyclic) bond motifs is 1. The van der Waals surface area contributed by atoms with Crippen LogP contribution >= 0.6 is 0 Å². The number of hydrogen-bond acceptors (Lipinski definition) is 4. The molecule has 0 radical (unpaired) electrons. The lowest BCUT2D eigenvalue weighted by Gasteiger charge is -2.29. The van der Waals surface area contributed by atoms with Crippen molar-refractivity contribution in [2.75, 3.05) is 19.6 Å². The zero-order valence-corrected chi connectivity index (χ0v) is 18.4. The molecule has 2 aromatic rings. The van der Waals surface area contributed by atoms with Gasteiger partial charge in [0, 0.05) is 31.2 Å². The Hall–Kier alpha value is -2.54. The van der Waals surface area contributed by atoms with Crippen LogP contribution in [0.4, 0.5) is 4.79 Å². The van der Waals surface area contributed by atoms with Crippen molar-refractivity contribution in [3.63, 3.8) is 0 Å². The summed E-state index contributed by atoms with van der Waals surface area (Å²) in [6, 6.07) is 8.57. The third-order valence-corrected chi connectivity index (χ3v) is 5.75. The second kappa shape index (κ2) is 7.95. The van der Waals surface area contributed by atoms with Crippen LogP contribution in [0.1, 0.15) is 47.0 Å². The molecule has 1 saturated carbocycles. The van der Waals surface area contributed by atoms with Crippen molar-refractivity contribution in [1.29, 1.82) is 0 Å². The summed E-state index contributed by atoms with van der Waals surface area (Å²) in [7, 11) is 0. The van der Waals surface area contributed by atoms with E-state index in [-0.39, 0.29) is 11.8 Å². The van der Waals surface area contributed by atoms with E-state index < -0.39 is 5.60 Å². The minimum atomic E-state index is -0.516. The van der Waals surface area contributed by atoms with Crippen molar-refractivity contribution in [3.05, 3.63) is 40.8 Å². The molecule has 7 heteroatoms. The quantitative estimate of drug-likeness (QED) is 0.751. The number of imidazole rings is 1. The average Bonchev–Trinajstić information content (AvgIpc) is 3.50. The maximum absolute atomic E-state index is 13.4. The maximum Gasteiger partial charge on any atom is 0.410 e. The Labute approximate surface area is 177 Å². The van der Waals surface area contributed by atoms with E-state index in [0.717, 1.165) is 23.3 Å². The van der Waals surface area contributed by atoms with Gasteiger partial charge in [-0.1, -0.05) is 19.1 Å². The summed E-state index contributed by atoms with van der Waals surface area (Å²) < 4.78 is 9.19. The highest BCUT2D eigenvalue weighted by molar-refractivity contribution is 5.80. The third kappa shape index (κ3) is 4.17. The number of hydrogen-bond donors (Lipinski definition) is 0. The number of carbonyl (C=O) groups is 1. The second-order valence-corrected chi connectivity index (χ2v) is 9.18. The fourth-order valence-corrected chi connectivity index (χ4v) is 4.07. The molecular formula is C23H32N4O3. The van der Waals surface area contributed by atoms with E-state index in [2.05, 4.69) is 11.8 Å². The number of benzene rings is 1. The molecule has 2 heterocycles. The van der Waals surface area contributed by atoms with E-state index >= 15 is 0 Å². The number of nitrogens with zero attached hydrogens (tertiary/aromatic N) is 4. The Morgan fingerprint density at radius 3 is 2.47 bits per heavy atom. The van der Waals surface area contributed by atoms with E-state index in [0.29, 0.717) is 32.2 Å². The summed E-state index contributed by atoms with van der Waals surface area (Å²) in [4.78, 5) is 29.9. The van der Waals surface area contributed by atoms with Gasteiger partial charge < -0.3 is 9.64 Å². The van der Waals surface area contributed by atoms with E-state index in [9.17, 15) is 9.59 Å². The Kier molecular flexibility index (Phi) is 5.49. The molecule has 1 fully saturated rings. The molecule has 0 unspecified atom stereocenters. The first kappa shape index (κ1) is 20.7. The van der Waals surface area contributed by atoms with Crippen LogP contribution < -0.4 is 5.69 Å². The van der Waals surface area contributed by atoms with Crippen LogP contribution in [0.25, 0.3) is 16.7 Å². The molecule has 1 aliphatic heterocycles. The third-order valence-electron chi connectivity index (χ3n) is 5.75. The van der Waals surface area contributed by atoms with Crippen LogP contribution in [0, 0.1) is 0 Å². The van der Waals surface area contributed by atoms with Crippen molar-refractivity contribution in [2.45, 2.75) is 65.3 Å². The number of ether oxygens (including phenoxy) is 1. The van der Waals surface area contributed by atoms with Gasteiger partial charge in [0.15, 0.2) is 0 Å². The number of aromatic nitrogens is 2. The Morgan fingerprint density at radius 1 is 1.20 bits per heavy atom. The van der Waals surface area contributed by atoms with Crippen molar-refractivity contribution in [2.24, 2.45) is 0 Å². The van der Waals surface area contributed by atoms with Gasteiger partial charge >= 0.3 is 11.8 Å². The average molecular weight is 413 g/mol. The summed E-state index contributed by atoms with van der Waals surface area (Å²) in [6.07, 6.45) is 4.72. The Balaban J connectivity index is 1.63. The number of para-hydroxylation sites is 2. The standard InChI is InChI=1S/C23H32N4O3/c1-5-24(17-10-11-17)16-26-19-8-6-7-9-20(19)27(21(26)28)18-12-14-25(15-13-18)22(29)30-23(2,3)4/h6-9,12,17H,5,10-11,13-16H2,1-4H3. The highest BCUT2D eigenvalue weighted by Crippen LogP contribution is 2.28. The molecule has 1 aromatic carbocycles. The minimum absolute atomic E-state index is 0.00716. The molecule has 0 N–H and O–H groups in total. The zero-order chi connectivity index (χ0) is 21.5. The molecular weight excluding hydrogens is 380 g/mol. The molecule has 1 aliphatic carbocycles. The van der Waals surface area contributed by atoms with Gasteiger partial charge in [0.2, 0.25) is 0 Å². The molecule has 1 amide bonds. The molecule has 162 valence electrons. The first-order valence-electron chi connectivity index (χ1n) is 10.9. The van der Waals surface area contributed by atoms with Crippen molar-refractivity contribution < 1.29 is 9.53 Å². The first-order chi connectivity index (χ1) is 14.3. The van der Waals surface area contributed by atoms with Crippen LogP contribution in [0.3, 0.4) is 0 Å². The summed E-state index contributed by atoms with van der Waals surface area (Å²) in [5, 5.41) is 0. The van der Waals surface area contributed by atoms with Gasteiger partial charge in [-0.3, -0.25) is 14.0 Å². The second-order valence-electron chi connectivity index (χ2n) is 9.18. The minimum Gasteiger partial charge on any atom is -0.444 e. The van der Waals surface area contributed by atoms with E-state index in [1.165, 1.54) is 12.8 Å². The lowest BCUT2D eigenvalue weighted by atomic mass is 10.2. The molecule has 1 aromatic heterocycles. The zero-order valence-electron chi connectivity index (χ0n) is 18.4. The predicted molar refractivity (Wildman–Crippen MR) is 118 cm³/mol. The van der Waals surface area contributed by atoms with E-state index in [1.54, 1.807) is 4.90 Å². The highest BCUT2D eigenvalue weighted by Gasteiger charge is 2.30. The molecule has 30 heavy (non-hydrogen) atoms. The fourth-order valence-electron chi connectivity index (χ4n) is 4.07. The van der Waals surface area contributed by atoms with Crippen LogP contribution in [0.2, 0.25) is 0 Å². The number of carbonyl (C=O) groups excluding carboxylic acids is 1. The van der Waals surface area contributed by atoms with E-state index in [1.807, 2.05) is 60.2 Å². The van der Waals surface area contributed by atoms with Crippen LogP contribution in [0.15, 0.2) is 35.1 Å². The molecule has 0 saturated heterocycles. The van der Waals surface area contributed by atoms with Gasteiger partial charge in [0.1, 0.15) is 5.60 Å². The number of rotatable bonds is 5.